The maximum Gasteiger partial charge on any atom is 0.329 e. The third-order valence-electron chi connectivity index (χ3n) is 5.70. The molecule has 0 bridgehead atoms. The van der Waals surface area contributed by atoms with Gasteiger partial charge >= 0.3 is 5.69 Å². The van der Waals surface area contributed by atoms with Crippen LogP contribution in [0.5, 0.6) is 0 Å². The molecule has 1 aliphatic heterocycles. The molecular weight excluding hydrogens is 398 g/mol. The smallest absolute Gasteiger partial charge is 0.329 e. The van der Waals surface area contributed by atoms with Crippen molar-refractivity contribution in [3.05, 3.63) is 37.4 Å². The number of ether oxygens (including phenoxy) is 1. The molecule has 1 saturated carbocycles. The topological polar surface area (TPSA) is 113 Å². The quantitative estimate of drug-likeness (QED) is 0.761. The molecule has 2 aromatic rings. The van der Waals surface area contributed by atoms with Crippen molar-refractivity contribution in [3.8, 4) is 0 Å². The van der Waals surface area contributed by atoms with Crippen LogP contribution in [0.3, 0.4) is 0 Å². The Morgan fingerprint density at radius 3 is 2.59 bits per heavy atom. The fraction of sp³-hybridized carbons (Fsp3) is 0.579. The summed E-state index contributed by atoms with van der Waals surface area (Å²) in [5.41, 5.74) is -0.994. The van der Waals surface area contributed by atoms with Crippen LogP contribution in [0.4, 0.5) is 0 Å². The van der Waals surface area contributed by atoms with Gasteiger partial charge in [0.05, 0.1) is 13.2 Å². The Morgan fingerprint density at radius 2 is 1.90 bits per heavy atom. The lowest BCUT2D eigenvalue weighted by Crippen LogP contribution is -2.46. The highest BCUT2D eigenvalue weighted by Gasteiger charge is 2.37. The van der Waals surface area contributed by atoms with E-state index in [4.69, 9.17) is 16.3 Å². The van der Waals surface area contributed by atoms with Gasteiger partial charge in [0.15, 0.2) is 16.3 Å². The summed E-state index contributed by atoms with van der Waals surface area (Å²) in [5, 5.41) is 11.5. The first kappa shape index (κ1) is 20.1. The van der Waals surface area contributed by atoms with Gasteiger partial charge in [-0.25, -0.2) is 14.8 Å². The van der Waals surface area contributed by atoms with Crippen molar-refractivity contribution < 1.29 is 9.84 Å². The van der Waals surface area contributed by atoms with Gasteiger partial charge in [-0.15, -0.1) is 0 Å². The van der Waals surface area contributed by atoms with Gasteiger partial charge in [-0.2, -0.15) is 0 Å². The first-order chi connectivity index (χ1) is 13.9. The molecule has 2 aromatic heterocycles. The number of H-pyrrole nitrogens is 1. The highest BCUT2D eigenvalue weighted by molar-refractivity contribution is 6.31. The number of aliphatic hydroxyl groups is 1. The predicted molar refractivity (Wildman–Crippen MR) is 109 cm³/mol. The average Bonchev–Trinajstić information content (AvgIpc) is 2.72. The maximum absolute atomic E-state index is 12.3. The Morgan fingerprint density at radius 1 is 1.21 bits per heavy atom. The lowest BCUT2D eigenvalue weighted by molar-refractivity contribution is -0.0122. The van der Waals surface area contributed by atoms with Gasteiger partial charge in [0.2, 0.25) is 0 Å². The monoisotopic (exact) mass is 421 g/mol. The summed E-state index contributed by atoms with van der Waals surface area (Å²) in [6.45, 7) is 2.47. The predicted octanol–water partition coefficient (Wildman–Crippen LogP) is 1.04. The minimum absolute atomic E-state index is 0.00134. The van der Waals surface area contributed by atoms with Gasteiger partial charge in [0.1, 0.15) is 11.3 Å². The van der Waals surface area contributed by atoms with Crippen LogP contribution in [-0.4, -0.2) is 61.4 Å². The first-order valence-electron chi connectivity index (χ1n) is 9.83. The van der Waals surface area contributed by atoms with Crippen LogP contribution in [-0.2, 0) is 11.8 Å². The van der Waals surface area contributed by atoms with Crippen LogP contribution in [0.15, 0.2) is 15.3 Å². The van der Waals surface area contributed by atoms with Crippen LogP contribution >= 0.6 is 11.6 Å². The average molecular weight is 422 g/mol. The summed E-state index contributed by atoms with van der Waals surface area (Å²) in [6, 6.07) is 0. The third kappa shape index (κ3) is 3.82. The van der Waals surface area contributed by atoms with Gasteiger partial charge < -0.3 is 14.7 Å². The van der Waals surface area contributed by atoms with Gasteiger partial charge in [-0.1, -0.05) is 30.9 Å². The molecule has 156 valence electrons. The lowest BCUT2D eigenvalue weighted by atomic mass is 9.81. The minimum atomic E-state index is -0.976. The normalized spacial score (nSPS) is 20.2. The number of nitrogens with zero attached hydrogens (tertiary/aromatic N) is 4. The van der Waals surface area contributed by atoms with Crippen LogP contribution in [0.25, 0.3) is 17.2 Å². The molecule has 0 amide bonds. The van der Waals surface area contributed by atoms with E-state index in [1.165, 1.54) is 7.05 Å². The highest BCUT2D eigenvalue weighted by atomic mass is 35.5. The SMILES string of the molecule is Cn1c(=O)[nH]c2nc(/C=C(\N3CCOCC3)C3(O)CCCCC3)c(Cl)nc2c1=O. The van der Waals surface area contributed by atoms with Crippen LogP contribution in [0, 0.1) is 0 Å². The minimum Gasteiger partial charge on any atom is -0.384 e. The zero-order valence-corrected chi connectivity index (χ0v) is 17.0. The summed E-state index contributed by atoms with van der Waals surface area (Å²) in [6.07, 6.45) is 6.04. The number of fused-ring (bicyclic) bond motifs is 1. The van der Waals surface area contributed by atoms with Crippen molar-refractivity contribution in [2.24, 2.45) is 7.05 Å². The molecule has 2 N–H and O–H groups in total. The Labute approximate surface area is 172 Å². The molecule has 4 rings (SSSR count). The van der Waals surface area contributed by atoms with E-state index in [1.54, 1.807) is 6.08 Å². The lowest BCUT2D eigenvalue weighted by Gasteiger charge is -2.42. The second-order valence-corrected chi connectivity index (χ2v) is 7.97. The molecule has 10 heteroatoms. The van der Waals surface area contributed by atoms with E-state index < -0.39 is 16.9 Å². The van der Waals surface area contributed by atoms with E-state index >= 15 is 0 Å². The Bertz CT molecular complexity index is 1060. The summed E-state index contributed by atoms with van der Waals surface area (Å²) in [4.78, 5) is 37.5. The summed E-state index contributed by atoms with van der Waals surface area (Å²) in [5.74, 6) is 0. The van der Waals surface area contributed by atoms with Crippen molar-refractivity contribution in [2.75, 3.05) is 26.3 Å². The second kappa shape index (κ2) is 7.89. The number of aromatic nitrogens is 4. The number of aromatic amines is 1. The van der Waals surface area contributed by atoms with Gasteiger partial charge in [0, 0.05) is 25.8 Å². The van der Waals surface area contributed by atoms with Crippen molar-refractivity contribution in [2.45, 2.75) is 37.7 Å². The standard InChI is InChI=1S/C19H24ClN5O4/c1-24-17(26)14-16(23-18(24)27)21-12(15(20)22-14)11-13(25-7-9-29-10-8-25)19(28)5-3-2-4-6-19/h11,28H,2-10H2,1H3,(H,21,23,27)/b13-11-. The van der Waals surface area contributed by atoms with E-state index in [1.807, 2.05) is 0 Å². The van der Waals surface area contributed by atoms with E-state index in [0.717, 1.165) is 29.5 Å². The van der Waals surface area contributed by atoms with Crippen molar-refractivity contribution in [3.63, 3.8) is 0 Å². The molecule has 29 heavy (non-hydrogen) atoms. The fourth-order valence-electron chi connectivity index (χ4n) is 4.04. The molecule has 9 nitrogen and oxygen atoms in total. The van der Waals surface area contributed by atoms with Crippen molar-refractivity contribution in [1.29, 1.82) is 0 Å². The zero-order chi connectivity index (χ0) is 20.6. The van der Waals surface area contributed by atoms with Gasteiger partial charge in [-0.3, -0.25) is 14.3 Å². The van der Waals surface area contributed by atoms with E-state index in [9.17, 15) is 14.7 Å². The van der Waals surface area contributed by atoms with Gasteiger partial charge in [-0.05, 0) is 18.9 Å². The molecule has 1 aliphatic carbocycles. The molecule has 0 unspecified atom stereocenters. The maximum atomic E-state index is 12.3. The van der Waals surface area contributed by atoms with Crippen LogP contribution < -0.4 is 11.2 Å². The first-order valence-corrected chi connectivity index (χ1v) is 10.2. The zero-order valence-electron chi connectivity index (χ0n) is 16.3. The van der Waals surface area contributed by atoms with Crippen LogP contribution in [0.2, 0.25) is 5.15 Å². The number of nitrogens with one attached hydrogen (secondary N) is 1. The van der Waals surface area contributed by atoms with E-state index in [-0.39, 0.29) is 16.3 Å². The molecular formula is C19H24ClN5O4. The summed E-state index contributed by atoms with van der Waals surface area (Å²) >= 11 is 6.35. The fourth-order valence-corrected chi connectivity index (χ4v) is 4.22. The molecule has 3 heterocycles. The number of hydrogen-bond donors (Lipinski definition) is 2. The Kier molecular flexibility index (Phi) is 5.46. The van der Waals surface area contributed by atoms with E-state index in [0.29, 0.717) is 44.8 Å². The van der Waals surface area contributed by atoms with Crippen molar-refractivity contribution >= 4 is 28.8 Å². The van der Waals surface area contributed by atoms with Crippen molar-refractivity contribution in [1.82, 2.24) is 24.4 Å². The second-order valence-electron chi connectivity index (χ2n) is 7.61. The molecule has 0 radical (unpaired) electrons. The Hall–Kier alpha value is -2.23. The van der Waals surface area contributed by atoms with Gasteiger partial charge in [0.25, 0.3) is 5.56 Å². The molecule has 0 atom stereocenters. The Balaban J connectivity index is 1.85. The molecule has 0 aromatic carbocycles. The largest absolute Gasteiger partial charge is 0.384 e. The summed E-state index contributed by atoms with van der Waals surface area (Å²) < 4.78 is 6.38. The van der Waals surface area contributed by atoms with Crippen LogP contribution in [0.1, 0.15) is 37.8 Å². The van der Waals surface area contributed by atoms with E-state index in [2.05, 4.69) is 19.9 Å². The number of morpholine rings is 1. The highest BCUT2D eigenvalue weighted by Crippen LogP contribution is 2.37. The number of hydrogen-bond acceptors (Lipinski definition) is 7. The number of rotatable bonds is 3. The molecule has 1 saturated heterocycles. The summed E-state index contributed by atoms with van der Waals surface area (Å²) in [7, 11) is 1.36. The molecule has 2 aliphatic rings. The third-order valence-corrected chi connectivity index (χ3v) is 5.98. The molecule has 0 spiro atoms. The molecule has 2 fully saturated rings. The number of halogens is 1.